The highest BCUT2D eigenvalue weighted by Crippen LogP contribution is 2.32. The molecule has 0 spiro atoms. The van der Waals surface area contributed by atoms with Crippen LogP contribution in [0.2, 0.25) is 0 Å². The minimum atomic E-state index is -0.339. The molecule has 0 aromatic carbocycles. The lowest BCUT2D eigenvalue weighted by molar-refractivity contribution is 0.291. The molecule has 1 aliphatic rings. The lowest BCUT2D eigenvalue weighted by atomic mass is 10.4. The van der Waals surface area contributed by atoms with Gasteiger partial charge in [0, 0.05) is 6.07 Å². The molecule has 0 N–H and O–H groups in total. The third-order valence-corrected chi connectivity index (χ3v) is 2.49. The number of hydrogen-bond donors (Lipinski definition) is 0. The molecule has 0 bridgehead atoms. The van der Waals surface area contributed by atoms with E-state index in [-0.39, 0.29) is 11.9 Å². The first-order chi connectivity index (χ1) is 6.29. The van der Waals surface area contributed by atoms with Crippen LogP contribution >= 0.6 is 11.8 Å². The van der Waals surface area contributed by atoms with Crippen LogP contribution in [0.5, 0.6) is 5.75 Å². The summed E-state index contributed by atoms with van der Waals surface area (Å²) in [7, 11) is 0. The molecule has 1 heterocycles. The van der Waals surface area contributed by atoms with Crippen LogP contribution in [0.4, 0.5) is 4.39 Å². The van der Waals surface area contributed by atoms with Crippen molar-refractivity contribution >= 4 is 11.8 Å². The van der Waals surface area contributed by atoms with Crippen LogP contribution in [-0.4, -0.2) is 17.3 Å². The lowest BCUT2D eigenvalue weighted by Gasteiger charge is -2.07. The van der Waals surface area contributed by atoms with Crippen molar-refractivity contribution in [3.63, 3.8) is 0 Å². The second kappa shape index (κ2) is 3.54. The summed E-state index contributed by atoms with van der Waals surface area (Å²) in [5.74, 6) is 0.239. The van der Waals surface area contributed by atoms with Gasteiger partial charge >= 0.3 is 0 Å². The van der Waals surface area contributed by atoms with E-state index in [0.717, 1.165) is 17.9 Å². The molecule has 0 unspecified atom stereocenters. The molecule has 1 aliphatic carbocycles. The molecular weight excluding hydrogens is 189 g/mol. The number of hydrogen-bond acceptors (Lipinski definition) is 3. The molecule has 1 aromatic heterocycles. The molecule has 0 radical (unpaired) electrons. The smallest absolute Gasteiger partial charge is 0.154 e. The first kappa shape index (κ1) is 8.81. The standard InChI is InChI=1S/C9H10FNOS/c1-13-9-8(12-7-2-3-7)4-6(10)5-11-9/h4-5,7H,2-3H2,1H3. The zero-order valence-electron chi connectivity index (χ0n) is 7.29. The van der Waals surface area contributed by atoms with Gasteiger partial charge in [-0.15, -0.1) is 11.8 Å². The van der Waals surface area contributed by atoms with Gasteiger partial charge in [-0.25, -0.2) is 9.37 Å². The van der Waals surface area contributed by atoms with Crippen LogP contribution in [-0.2, 0) is 0 Å². The van der Waals surface area contributed by atoms with Crippen molar-refractivity contribution in [3.05, 3.63) is 18.1 Å². The highest BCUT2D eigenvalue weighted by molar-refractivity contribution is 7.98. The highest BCUT2D eigenvalue weighted by atomic mass is 32.2. The molecular formula is C9H10FNOS. The van der Waals surface area contributed by atoms with Crippen molar-refractivity contribution in [2.24, 2.45) is 0 Å². The third-order valence-electron chi connectivity index (χ3n) is 1.80. The maximum absolute atomic E-state index is 12.8. The summed E-state index contributed by atoms with van der Waals surface area (Å²) in [6.45, 7) is 0. The van der Waals surface area contributed by atoms with Crippen molar-refractivity contribution in [2.45, 2.75) is 24.0 Å². The van der Waals surface area contributed by atoms with Gasteiger partial charge in [0.05, 0.1) is 12.3 Å². The molecule has 4 heteroatoms. The zero-order valence-corrected chi connectivity index (χ0v) is 8.10. The number of halogens is 1. The predicted molar refractivity (Wildman–Crippen MR) is 49.6 cm³/mol. The largest absolute Gasteiger partial charge is 0.487 e. The molecule has 2 rings (SSSR count). The molecule has 0 amide bonds. The fraction of sp³-hybridized carbons (Fsp3) is 0.444. The molecule has 0 atom stereocenters. The van der Waals surface area contributed by atoms with Crippen LogP contribution in [0, 0.1) is 5.82 Å². The topological polar surface area (TPSA) is 22.1 Å². The molecule has 70 valence electrons. The van der Waals surface area contributed by atoms with Crippen molar-refractivity contribution in [1.82, 2.24) is 4.98 Å². The van der Waals surface area contributed by atoms with E-state index in [0.29, 0.717) is 5.75 Å². The van der Waals surface area contributed by atoms with Crippen LogP contribution in [0.3, 0.4) is 0 Å². The molecule has 1 saturated carbocycles. The monoisotopic (exact) mass is 199 g/mol. The van der Waals surface area contributed by atoms with Gasteiger partial charge in [-0.2, -0.15) is 0 Å². The summed E-state index contributed by atoms with van der Waals surface area (Å²) >= 11 is 1.47. The predicted octanol–water partition coefficient (Wildman–Crippen LogP) is 2.48. The van der Waals surface area contributed by atoms with E-state index in [2.05, 4.69) is 4.98 Å². The number of thioether (sulfide) groups is 1. The van der Waals surface area contributed by atoms with Gasteiger partial charge in [0.15, 0.2) is 5.75 Å². The maximum Gasteiger partial charge on any atom is 0.154 e. The van der Waals surface area contributed by atoms with E-state index in [1.165, 1.54) is 24.0 Å². The van der Waals surface area contributed by atoms with Crippen LogP contribution < -0.4 is 4.74 Å². The number of ether oxygens (including phenoxy) is 1. The Morgan fingerprint density at radius 3 is 3.00 bits per heavy atom. The number of aromatic nitrogens is 1. The molecule has 1 aromatic rings. The van der Waals surface area contributed by atoms with Gasteiger partial charge in [-0.05, 0) is 19.1 Å². The van der Waals surface area contributed by atoms with Gasteiger partial charge in [0.2, 0.25) is 0 Å². The minimum absolute atomic E-state index is 0.287. The minimum Gasteiger partial charge on any atom is -0.487 e. The normalized spacial score (nSPS) is 15.8. The second-order valence-electron chi connectivity index (χ2n) is 2.98. The summed E-state index contributed by atoms with van der Waals surface area (Å²) in [5, 5.41) is 0.758. The lowest BCUT2D eigenvalue weighted by Crippen LogP contribution is -1.99. The number of pyridine rings is 1. The summed E-state index contributed by atoms with van der Waals surface area (Å²) in [6, 6.07) is 1.40. The fourth-order valence-electron chi connectivity index (χ4n) is 1.01. The van der Waals surface area contributed by atoms with Crippen LogP contribution in [0.25, 0.3) is 0 Å². The van der Waals surface area contributed by atoms with E-state index in [1.807, 2.05) is 6.26 Å². The third kappa shape index (κ3) is 2.12. The Hall–Kier alpha value is -0.770. The van der Waals surface area contributed by atoms with Gasteiger partial charge in [0.25, 0.3) is 0 Å². The van der Waals surface area contributed by atoms with Crippen LogP contribution in [0.15, 0.2) is 17.3 Å². The van der Waals surface area contributed by atoms with Crippen molar-refractivity contribution < 1.29 is 9.13 Å². The Balaban J connectivity index is 2.22. The molecule has 0 saturated heterocycles. The van der Waals surface area contributed by atoms with E-state index in [4.69, 9.17) is 4.74 Å². The van der Waals surface area contributed by atoms with Gasteiger partial charge in [0.1, 0.15) is 10.8 Å². The van der Waals surface area contributed by atoms with E-state index < -0.39 is 0 Å². The van der Waals surface area contributed by atoms with E-state index in [1.54, 1.807) is 0 Å². The molecule has 2 nitrogen and oxygen atoms in total. The van der Waals surface area contributed by atoms with E-state index in [9.17, 15) is 4.39 Å². The fourth-order valence-corrected chi connectivity index (χ4v) is 1.48. The van der Waals surface area contributed by atoms with Crippen molar-refractivity contribution in [3.8, 4) is 5.75 Å². The summed E-state index contributed by atoms with van der Waals surface area (Å²) in [4.78, 5) is 3.94. The number of rotatable bonds is 3. The Kier molecular flexibility index (Phi) is 2.40. The van der Waals surface area contributed by atoms with Gasteiger partial charge < -0.3 is 4.74 Å². The van der Waals surface area contributed by atoms with Gasteiger partial charge in [-0.3, -0.25) is 0 Å². The van der Waals surface area contributed by atoms with E-state index >= 15 is 0 Å². The van der Waals surface area contributed by atoms with Crippen LogP contribution in [0.1, 0.15) is 12.8 Å². The highest BCUT2D eigenvalue weighted by Gasteiger charge is 2.24. The maximum atomic E-state index is 12.8. The molecule has 13 heavy (non-hydrogen) atoms. The average molecular weight is 199 g/mol. The summed E-state index contributed by atoms with van der Waals surface area (Å²) < 4.78 is 18.3. The Morgan fingerprint density at radius 2 is 2.38 bits per heavy atom. The van der Waals surface area contributed by atoms with Crippen molar-refractivity contribution in [2.75, 3.05) is 6.26 Å². The van der Waals surface area contributed by atoms with Gasteiger partial charge in [-0.1, -0.05) is 0 Å². The Morgan fingerprint density at radius 1 is 1.62 bits per heavy atom. The van der Waals surface area contributed by atoms with Crippen molar-refractivity contribution in [1.29, 1.82) is 0 Å². The first-order valence-electron chi connectivity index (χ1n) is 4.16. The molecule has 1 fully saturated rings. The Bertz CT molecular complexity index is 314. The SMILES string of the molecule is CSc1ncc(F)cc1OC1CC1. The first-order valence-corrected chi connectivity index (χ1v) is 5.38. The number of nitrogens with zero attached hydrogens (tertiary/aromatic N) is 1. The Labute approximate surface area is 80.5 Å². The average Bonchev–Trinajstić information content (AvgIpc) is 2.89. The summed E-state index contributed by atoms with van der Waals surface area (Å²) in [6.07, 6.45) is 5.55. The zero-order chi connectivity index (χ0) is 9.26. The quantitative estimate of drug-likeness (QED) is 0.698. The molecule has 0 aliphatic heterocycles. The summed E-state index contributed by atoms with van der Waals surface area (Å²) in [5.41, 5.74) is 0. The second-order valence-corrected chi connectivity index (χ2v) is 3.77.